The van der Waals surface area contributed by atoms with Crippen LogP contribution in [0.5, 0.6) is 0 Å². The Morgan fingerprint density at radius 1 is 0.800 bits per heavy atom. The molecule has 0 bridgehead atoms. The smallest absolute Gasteiger partial charge is 0.222 e. The lowest BCUT2D eigenvalue weighted by Gasteiger charge is -2.22. The van der Waals surface area contributed by atoms with Gasteiger partial charge in [-0.2, -0.15) is 0 Å². The molecule has 0 fully saturated rings. The van der Waals surface area contributed by atoms with Crippen LogP contribution in [0.3, 0.4) is 0 Å². The zero-order valence-electron chi connectivity index (χ0n) is 17.6. The lowest BCUT2D eigenvalue weighted by Crippen LogP contribution is -2.29. The van der Waals surface area contributed by atoms with Crippen LogP contribution in [0.4, 0.5) is 11.6 Å². The van der Waals surface area contributed by atoms with Gasteiger partial charge in [-0.1, -0.05) is 12.1 Å². The van der Waals surface area contributed by atoms with E-state index in [4.69, 9.17) is 0 Å². The molecule has 0 saturated heterocycles. The molecule has 2 heterocycles. The van der Waals surface area contributed by atoms with Crippen molar-refractivity contribution in [2.75, 3.05) is 23.7 Å². The number of hydrogen-bond acceptors (Lipinski definition) is 6. The van der Waals surface area contributed by atoms with E-state index in [1.807, 2.05) is 24.3 Å². The summed E-state index contributed by atoms with van der Waals surface area (Å²) in [6.45, 7) is 6.74. The zero-order valence-corrected chi connectivity index (χ0v) is 17.6. The first-order valence-corrected chi connectivity index (χ1v) is 9.75. The van der Waals surface area contributed by atoms with Crippen LogP contribution in [0, 0.1) is 0 Å². The van der Waals surface area contributed by atoms with Crippen molar-refractivity contribution in [1.82, 2.24) is 20.2 Å². The molecule has 30 heavy (non-hydrogen) atoms. The second kappa shape index (κ2) is 11.6. The zero-order chi connectivity index (χ0) is 21.9. The van der Waals surface area contributed by atoms with Crippen LogP contribution in [0.1, 0.15) is 38.6 Å². The van der Waals surface area contributed by atoms with Crippen molar-refractivity contribution in [3.8, 4) is 0 Å². The number of anilines is 2. The summed E-state index contributed by atoms with van der Waals surface area (Å²) in [6, 6.07) is 11.0. The molecule has 3 amide bonds. The molecule has 0 aliphatic carbocycles. The van der Waals surface area contributed by atoms with Gasteiger partial charge in [0.15, 0.2) is 0 Å². The number of carbonyl (C=O) groups is 3. The third-order valence-corrected chi connectivity index (χ3v) is 4.02. The van der Waals surface area contributed by atoms with Crippen LogP contribution in [0.2, 0.25) is 0 Å². The molecule has 9 nitrogen and oxygen atoms in total. The molecular formula is C21H28N6O3. The molecule has 0 radical (unpaired) electrons. The largest absolute Gasteiger partial charge is 0.356 e. The number of aromatic nitrogens is 2. The standard InChI is InChI=1S/C21H28N6O3/c1-15(28)22-11-6-12-27(13-18-7-4-9-20(25-18)23-16(2)29)14-19-8-5-10-21(26-19)24-17(3)30/h4-5,7-10H,6,11-14H2,1-3H3,(H,22,28)(H,23,25,29)(H,24,26,30). The van der Waals surface area contributed by atoms with Gasteiger partial charge >= 0.3 is 0 Å². The molecule has 2 rings (SSSR count). The summed E-state index contributed by atoms with van der Waals surface area (Å²) in [5.41, 5.74) is 1.61. The first-order chi connectivity index (χ1) is 14.3. The minimum atomic E-state index is -0.175. The van der Waals surface area contributed by atoms with Crippen molar-refractivity contribution in [3.63, 3.8) is 0 Å². The van der Waals surface area contributed by atoms with Gasteiger partial charge in [-0.3, -0.25) is 19.3 Å². The molecular weight excluding hydrogens is 384 g/mol. The summed E-state index contributed by atoms with van der Waals surface area (Å²) >= 11 is 0. The molecule has 0 aliphatic rings. The fourth-order valence-electron chi connectivity index (χ4n) is 2.87. The molecule has 3 N–H and O–H groups in total. The van der Waals surface area contributed by atoms with E-state index in [1.165, 1.54) is 20.8 Å². The van der Waals surface area contributed by atoms with E-state index in [-0.39, 0.29) is 17.7 Å². The Morgan fingerprint density at radius 3 is 1.73 bits per heavy atom. The van der Waals surface area contributed by atoms with Crippen molar-refractivity contribution in [1.29, 1.82) is 0 Å². The van der Waals surface area contributed by atoms with Gasteiger partial charge in [-0.05, 0) is 30.7 Å². The number of rotatable bonds is 10. The van der Waals surface area contributed by atoms with Crippen LogP contribution in [0.25, 0.3) is 0 Å². The first kappa shape index (κ1) is 23.0. The van der Waals surface area contributed by atoms with E-state index in [0.29, 0.717) is 37.8 Å². The van der Waals surface area contributed by atoms with Crippen molar-refractivity contribution >= 4 is 29.4 Å². The Hall–Kier alpha value is -3.33. The second-order valence-corrected chi connectivity index (χ2v) is 6.94. The molecule has 0 aliphatic heterocycles. The number of nitrogens with zero attached hydrogens (tertiary/aromatic N) is 3. The predicted molar refractivity (Wildman–Crippen MR) is 114 cm³/mol. The van der Waals surface area contributed by atoms with Gasteiger partial charge in [0.25, 0.3) is 0 Å². The fourth-order valence-corrected chi connectivity index (χ4v) is 2.87. The Balaban J connectivity index is 2.11. The van der Waals surface area contributed by atoms with Gasteiger partial charge in [-0.15, -0.1) is 0 Å². The number of amides is 3. The third kappa shape index (κ3) is 8.78. The summed E-state index contributed by atoms with van der Waals surface area (Å²) in [5, 5.41) is 8.18. The highest BCUT2D eigenvalue weighted by molar-refractivity contribution is 5.87. The number of carbonyl (C=O) groups excluding carboxylic acids is 3. The fraction of sp³-hybridized carbons (Fsp3) is 0.381. The Kier molecular flexibility index (Phi) is 8.89. The molecule has 160 valence electrons. The lowest BCUT2D eigenvalue weighted by atomic mass is 10.2. The van der Waals surface area contributed by atoms with Crippen LogP contribution in [-0.4, -0.2) is 45.7 Å². The number of nitrogens with one attached hydrogen (secondary N) is 3. The van der Waals surface area contributed by atoms with E-state index in [2.05, 4.69) is 30.8 Å². The topological polar surface area (TPSA) is 116 Å². The second-order valence-electron chi connectivity index (χ2n) is 6.94. The van der Waals surface area contributed by atoms with Crippen molar-refractivity contribution in [2.45, 2.75) is 40.3 Å². The maximum absolute atomic E-state index is 11.3. The normalized spacial score (nSPS) is 10.5. The quantitative estimate of drug-likeness (QED) is 0.514. The highest BCUT2D eigenvalue weighted by Gasteiger charge is 2.11. The Bertz CT molecular complexity index is 825. The Morgan fingerprint density at radius 2 is 1.30 bits per heavy atom. The monoisotopic (exact) mass is 412 g/mol. The summed E-state index contributed by atoms with van der Waals surface area (Å²) in [4.78, 5) is 44.8. The highest BCUT2D eigenvalue weighted by atomic mass is 16.2. The molecule has 2 aromatic heterocycles. The average molecular weight is 412 g/mol. The van der Waals surface area contributed by atoms with E-state index in [0.717, 1.165) is 17.8 Å². The van der Waals surface area contributed by atoms with Crippen LogP contribution in [0.15, 0.2) is 36.4 Å². The molecule has 0 spiro atoms. The molecule has 9 heteroatoms. The third-order valence-electron chi connectivity index (χ3n) is 4.02. The number of hydrogen-bond donors (Lipinski definition) is 3. The average Bonchev–Trinajstić information content (AvgIpc) is 2.64. The number of pyridine rings is 2. The van der Waals surface area contributed by atoms with E-state index in [1.54, 1.807) is 12.1 Å². The van der Waals surface area contributed by atoms with Crippen LogP contribution >= 0.6 is 0 Å². The summed E-state index contributed by atoms with van der Waals surface area (Å²) in [7, 11) is 0. The summed E-state index contributed by atoms with van der Waals surface area (Å²) < 4.78 is 0. The highest BCUT2D eigenvalue weighted by Crippen LogP contribution is 2.12. The predicted octanol–water partition coefficient (Wildman–Crippen LogP) is 1.92. The van der Waals surface area contributed by atoms with Crippen LogP contribution in [-0.2, 0) is 27.5 Å². The van der Waals surface area contributed by atoms with Crippen molar-refractivity contribution < 1.29 is 14.4 Å². The van der Waals surface area contributed by atoms with Gasteiger partial charge in [0, 0.05) is 47.0 Å². The first-order valence-electron chi connectivity index (χ1n) is 9.75. The van der Waals surface area contributed by atoms with Gasteiger partial charge in [-0.25, -0.2) is 9.97 Å². The summed E-state index contributed by atoms with van der Waals surface area (Å²) in [6.07, 6.45) is 0.760. The van der Waals surface area contributed by atoms with Crippen molar-refractivity contribution in [3.05, 3.63) is 47.8 Å². The van der Waals surface area contributed by atoms with Gasteiger partial charge in [0.1, 0.15) is 11.6 Å². The van der Waals surface area contributed by atoms with E-state index < -0.39 is 0 Å². The van der Waals surface area contributed by atoms with E-state index >= 15 is 0 Å². The molecule has 0 aromatic carbocycles. The van der Waals surface area contributed by atoms with Gasteiger partial charge in [0.05, 0.1) is 11.4 Å². The minimum Gasteiger partial charge on any atom is -0.356 e. The Labute approximate surface area is 176 Å². The molecule has 0 saturated carbocycles. The van der Waals surface area contributed by atoms with Gasteiger partial charge in [0.2, 0.25) is 17.7 Å². The SMILES string of the molecule is CC(=O)NCCCN(Cc1cccc(NC(C)=O)n1)Cc1cccc(NC(C)=O)n1. The van der Waals surface area contributed by atoms with Crippen molar-refractivity contribution in [2.24, 2.45) is 0 Å². The van der Waals surface area contributed by atoms with E-state index in [9.17, 15) is 14.4 Å². The van der Waals surface area contributed by atoms with Gasteiger partial charge < -0.3 is 16.0 Å². The maximum atomic E-state index is 11.3. The molecule has 0 unspecified atom stereocenters. The molecule has 2 aromatic rings. The molecule has 0 atom stereocenters. The maximum Gasteiger partial charge on any atom is 0.222 e. The summed E-state index contributed by atoms with van der Waals surface area (Å²) in [5.74, 6) is 0.598. The lowest BCUT2D eigenvalue weighted by molar-refractivity contribution is -0.119. The minimum absolute atomic E-state index is 0.0594. The van der Waals surface area contributed by atoms with Crippen LogP contribution < -0.4 is 16.0 Å².